The van der Waals surface area contributed by atoms with Gasteiger partial charge in [-0.05, 0) is 18.9 Å². The molecule has 0 radical (unpaired) electrons. The quantitative estimate of drug-likeness (QED) is 0.666. The van der Waals surface area contributed by atoms with Gasteiger partial charge in [0.15, 0.2) is 0 Å². The second-order valence-corrected chi connectivity index (χ2v) is 3.26. The lowest BCUT2D eigenvalue weighted by molar-refractivity contribution is 1.15. The van der Waals surface area contributed by atoms with Crippen molar-refractivity contribution in [3.63, 3.8) is 0 Å². The van der Waals surface area contributed by atoms with E-state index >= 15 is 0 Å². The molecular formula is C11H17NS. The van der Waals surface area contributed by atoms with Crippen LogP contribution in [-0.4, -0.2) is 4.98 Å². The Bertz CT molecular complexity index is 250. The molecule has 0 amide bonds. The predicted molar refractivity (Wildman–Crippen MR) is 62.1 cm³/mol. The molecule has 0 aliphatic rings. The minimum absolute atomic E-state index is 1.08. The standard InChI is InChI=1S/C9H13NS.C2H4/c1-3-5-6-8-9(4-2)11-7-10-8;1-2/h5-7H,3-4H2,1-2H3;1-2H2/b6-5-;. The van der Waals surface area contributed by atoms with Crippen LogP contribution in [0.25, 0.3) is 6.08 Å². The van der Waals surface area contributed by atoms with E-state index in [4.69, 9.17) is 0 Å². The first kappa shape index (κ1) is 12.1. The molecule has 0 aromatic carbocycles. The van der Waals surface area contributed by atoms with Gasteiger partial charge in [-0.15, -0.1) is 24.5 Å². The molecular weight excluding hydrogens is 178 g/mol. The van der Waals surface area contributed by atoms with Crippen LogP contribution in [0.2, 0.25) is 0 Å². The summed E-state index contributed by atoms with van der Waals surface area (Å²) in [4.78, 5) is 5.64. The maximum Gasteiger partial charge on any atom is 0.0801 e. The number of allylic oxidation sites excluding steroid dienone is 1. The second-order valence-electron chi connectivity index (χ2n) is 2.32. The fourth-order valence-corrected chi connectivity index (χ4v) is 1.61. The van der Waals surface area contributed by atoms with Crippen molar-refractivity contribution < 1.29 is 0 Å². The van der Waals surface area contributed by atoms with Crippen LogP contribution in [0.15, 0.2) is 24.7 Å². The summed E-state index contributed by atoms with van der Waals surface area (Å²) < 4.78 is 0. The SMILES string of the molecule is C=C.CC/C=C\c1ncsc1CC. The lowest BCUT2D eigenvalue weighted by Crippen LogP contribution is -1.78. The van der Waals surface area contributed by atoms with Gasteiger partial charge in [-0.1, -0.05) is 19.9 Å². The summed E-state index contributed by atoms with van der Waals surface area (Å²) in [6, 6.07) is 0. The van der Waals surface area contributed by atoms with Crippen LogP contribution >= 0.6 is 11.3 Å². The smallest absolute Gasteiger partial charge is 0.0801 e. The molecule has 0 fully saturated rings. The molecule has 0 saturated carbocycles. The van der Waals surface area contributed by atoms with E-state index in [1.54, 1.807) is 11.3 Å². The van der Waals surface area contributed by atoms with E-state index in [2.05, 4.69) is 44.1 Å². The molecule has 0 saturated heterocycles. The molecule has 1 heterocycles. The largest absolute Gasteiger partial charge is 0.245 e. The summed E-state index contributed by atoms with van der Waals surface area (Å²) in [6.45, 7) is 10.3. The topological polar surface area (TPSA) is 12.9 Å². The highest BCUT2D eigenvalue weighted by Crippen LogP contribution is 2.15. The molecule has 0 N–H and O–H groups in total. The predicted octanol–water partition coefficient (Wildman–Crippen LogP) is 3.93. The van der Waals surface area contributed by atoms with Crippen molar-refractivity contribution in [2.45, 2.75) is 26.7 Å². The van der Waals surface area contributed by atoms with Crippen LogP contribution in [0, 0.1) is 0 Å². The number of thiazole rings is 1. The van der Waals surface area contributed by atoms with Crippen molar-refractivity contribution in [2.75, 3.05) is 0 Å². The highest BCUT2D eigenvalue weighted by molar-refractivity contribution is 7.09. The lowest BCUT2D eigenvalue weighted by Gasteiger charge is -1.89. The third-order valence-electron chi connectivity index (χ3n) is 1.50. The summed E-state index contributed by atoms with van der Waals surface area (Å²) in [5.74, 6) is 0. The van der Waals surface area contributed by atoms with E-state index < -0.39 is 0 Å². The fourth-order valence-electron chi connectivity index (χ4n) is 0.909. The minimum atomic E-state index is 1.08. The highest BCUT2D eigenvalue weighted by atomic mass is 32.1. The van der Waals surface area contributed by atoms with E-state index in [0.717, 1.165) is 18.5 Å². The van der Waals surface area contributed by atoms with Crippen molar-refractivity contribution in [1.82, 2.24) is 4.98 Å². The zero-order valence-corrected chi connectivity index (χ0v) is 9.23. The van der Waals surface area contributed by atoms with Gasteiger partial charge < -0.3 is 0 Å². The Kier molecular flexibility index (Phi) is 7.21. The molecule has 0 bridgehead atoms. The molecule has 0 aliphatic heterocycles. The van der Waals surface area contributed by atoms with E-state index in [-0.39, 0.29) is 0 Å². The summed E-state index contributed by atoms with van der Waals surface area (Å²) >= 11 is 1.74. The molecule has 1 aromatic heterocycles. The zero-order valence-electron chi connectivity index (χ0n) is 8.42. The van der Waals surface area contributed by atoms with Crippen LogP contribution in [0.1, 0.15) is 30.8 Å². The summed E-state index contributed by atoms with van der Waals surface area (Å²) in [7, 11) is 0. The summed E-state index contributed by atoms with van der Waals surface area (Å²) in [6.07, 6.45) is 6.43. The first-order valence-electron chi connectivity index (χ1n) is 4.47. The van der Waals surface area contributed by atoms with Gasteiger partial charge in [0.25, 0.3) is 0 Å². The van der Waals surface area contributed by atoms with Crippen molar-refractivity contribution >= 4 is 17.4 Å². The third kappa shape index (κ3) is 4.04. The maximum absolute atomic E-state index is 4.26. The monoisotopic (exact) mass is 195 g/mol. The molecule has 2 heteroatoms. The Hall–Kier alpha value is -0.890. The van der Waals surface area contributed by atoms with Crippen molar-refractivity contribution in [2.24, 2.45) is 0 Å². The molecule has 0 unspecified atom stereocenters. The Balaban J connectivity index is 0.000000671. The molecule has 1 aromatic rings. The molecule has 1 nitrogen and oxygen atoms in total. The minimum Gasteiger partial charge on any atom is -0.245 e. The number of hydrogen-bond acceptors (Lipinski definition) is 2. The fraction of sp³-hybridized carbons (Fsp3) is 0.364. The van der Waals surface area contributed by atoms with Crippen molar-refractivity contribution in [3.05, 3.63) is 35.3 Å². The van der Waals surface area contributed by atoms with Gasteiger partial charge in [0.1, 0.15) is 0 Å². The zero-order chi connectivity index (χ0) is 10.1. The van der Waals surface area contributed by atoms with Gasteiger partial charge in [-0.25, -0.2) is 4.98 Å². The Morgan fingerprint density at radius 1 is 1.46 bits per heavy atom. The maximum atomic E-state index is 4.26. The molecule has 0 spiro atoms. The molecule has 72 valence electrons. The number of aromatic nitrogens is 1. The normalized spacial score (nSPS) is 9.69. The summed E-state index contributed by atoms with van der Waals surface area (Å²) in [5.41, 5.74) is 3.06. The number of rotatable bonds is 3. The van der Waals surface area contributed by atoms with Gasteiger partial charge >= 0.3 is 0 Å². The summed E-state index contributed by atoms with van der Waals surface area (Å²) in [5, 5.41) is 0. The molecule has 0 atom stereocenters. The van der Waals surface area contributed by atoms with Crippen molar-refractivity contribution in [3.8, 4) is 0 Å². The van der Waals surface area contributed by atoms with Crippen molar-refractivity contribution in [1.29, 1.82) is 0 Å². The average Bonchev–Trinajstić information content (AvgIpc) is 2.65. The number of aryl methyl sites for hydroxylation is 1. The van der Waals surface area contributed by atoms with Crippen LogP contribution in [0.5, 0.6) is 0 Å². The number of hydrogen-bond donors (Lipinski definition) is 0. The average molecular weight is 195 g/mol. The first-order valence-corrected chi connectivity index (χ1v) is 5.35. The van der Waals surface area contributed by atoms with E-state index in [0.29, 0.717) is 0 Å². The van der Waals surface area contributed by atoms with Crippen LogP contribution in [0.4, 0.5) is 0 Å². The van der Waals surface area contributed by atoms with E-state index in [1.165, 1.54) is 4.88 Å². The Morgan fingerprint density at radius 2 is 2.15 bits per heavy atom. The molecule has 13 heavy (non-hydrogen) atoms. The van der Waals surface area contributed by atoms with Gasteiger partial charge in [0.05, 0.1) is 11.2 Å². The van der Waals surface area contributed by atoms with Gasteiger partial charge in [0.2, 0.25) is 0 Å². The van der Waals surface area contributed by atoms with Crippen LogP contribution < -0.4 is 0 Å². The van der Waals surface area contributed by atoms with Gasteiger partial charge in [0, 0.05) is 4.88 Å². The second kappa shape index (κ2) is 7.74. The number of nitrogens with zero attached hydrogens (tertiary/aromatic N) is 1. The molecule has 1 rings (SSSR count). The van der Waals surface area contributed by atoms with Gasteiger partial charge in [-0.3, -0.25) is 0 Å². The highest BCUT2D eigenvalue weighted by Gasteiger charge is 1.97. The van der Waals surface area contributed by atoms with E-state index in [9.17, 15) is 0 Å². The Labute approximate surface area is 84.8 Å². The third-order valence-corrected chi connectivity index (χ3v) is 2.50. The Morgan fingerprint density at radius 3 is 2.69 bits per heavy atom. The van der Waals surface area contributed by atoms with Crippen LogP contribution in [-0.2, 0) is 6.42 Å². The van der Waals surface area contributed by atoms with Crippen LogP contribution in [0.3, 0.4) is 0 Å². The van der Waals surface area contributed by atoms with E-state index in [1.807, 2.05) is 5.51 Å². The van der Waals surface area contributed by atoms with Gasteiger partial charge in [-0.2, -0.15) is 0 Å². The lowest BCUT2D eigenvalue weighted by atomic mass is 10.3. The molecule has 0 aliphatic carbocycles. The first-order chi connectivity index (χ1) is 6.38.